The van der Waals surface area contributed by atoms with Crippen molar-refractivity contribution < 1.29 is 12.8 Å². The standard InChI is InChI=1S/C9H14N2O3S2/c1-2-11(6-8-4-3-5-14-8)16(12,13)7-9(10)15/h3-5H,2,6-7H2,1H3,(H2,10,15). The lowest BCUT2D eigenvalue weighted by atomic mass is 10.4. The van der Waals surface area contributed by atoms with Gasteiger partial charge in [-0.1, -0.05) is 19.1 Å². The van der Waals surface area contributed by atoms with Crippen molar-refractivity contribution in [3.63, 3.8) is 0 Å². The van der Waals surface area contributed by atoms with Crippen molar-refractivity contribution in [3.05, 3.63) is 24.2 Å². The van der Waals surface area contributed by atoms with Gasteiger partial charge in [0.1, 0.15) is 11.5 Å². The second kappa shape index (κ2) is 5.42. The third kappa shape index (κ3) is 3.58. The topological polar surface area (TPSA) is 76.5 Å². The van der Waals surface area contributed by atoms with Crippen LogP contribution in [-0.2, 0) is 16.6 Å². The van der Waals surface area contributed by atoms with Crippen molar-refractivity contribution in [3.8, 4) is 0 Å². The third-order valence-electron chi connectivity index (χ3n) is 1.98. The summed E-state index contributed by atoms with van der Waals surface area (Å²) in [6, 6.07) is 3.43. The molecule has 16 heavy (non-hydrogen) atoms. The first-order chi connectivity index (χ1) is 7.45. The van der Waals surface area contributed by atoms with E-state index in [0.717, 1.165) is 0 Å². The van der Waals surface area contributed by atoms with Gasteiger partial charge >= 0.3 is 0 Å². The van der Waals surface area contributed by atoms with Gasteiger partial charge in [0.15, 0.2) is 0 Å². The summed E-state index contributed by atoms with van der Waals surface area (Å²) in [5.41, 5.74) is 5.25. The molecular weight excluding hydrogens is 248 g/mol. The number of furan rings is 1. The number of hydrogen-bond acceptors (Lipinski definition) is 4. The van der Waals surface area contributed by atoms with Crippen molar-refractivity contribution in [1.29, 1.82) is 0 Å². The second-order valence-corrected chi connectivity index (χ2v) is 5.72. The molecule has 2 N–H and O–H groups in total. The van der Waals surface area contributed by atoms with Crippen LogP contribution in [0, 0.1) is 0 Å². The number of thiocarbonyl (C=S) groups is 1. The smallest absolute Gasteiger partial charge is 0.221 e. The molecule has 0 unspecified atom stereocenters. The van der Waals surface area contributed by atoms with Gasteiger partial charge in [0.05, 0.1) is 17.8 Å². The summed E-state index contributed by atoms with van der Waals surface area (Å²) in [4.78, 5) is -0.0297. The molecule has 1 heterocycles. The van der Waals surface area contributed by atoms with Crippen LogP contribution in [0.15, 0.2) is 22.8 Å². The Morgan fingerprint density at radius 2 is 2.31 bits per heavy atom. The van der Waals surface area contributed by atoms with Crippen LogP contribution in [-0.4, -0.2) is 30.0 Å². The van der Waals surface area contributed by atoms with Gasteiger partial charge in [0.25, 0.3) is 0 Å². The summed E-state index contributed by atoms with van der Waals surface area (Å²) in [5.74, 6) is 0.282. The van der Waals surface area contributed by atoms with Crippen LogP contribution in [0.2, 0.25) is 0 Å². The summed E-state index contributed by atoms with van der Waals surface area (Å²) in [6.07, 6.45) is 1.50. The van der Waals surface area contributed by atoms with Crippen LogP contribution in [0.5, 0.6) is 0 Å². The largest absolute Gasteiger partial charge is 0.468 e. The Morgan fingerprint density at radius 3 is 2.75 bits per heavy atom. The maximum Gasteiger partial charge on any atom is 0.221 e. The molecule has 1 aromatic rings. The molecule has 5 nitrogen and oxygen atoms in total. The number of sulfonamides is 1. The molecule has 90 valence electrons. The van der Waals surface area contributed by atoms with Crippen LogP contribution in [0.3, 0.4) is 0 Å². The average Bonchev–Trinajstić information content (AvgIpc) is 2.63. The van der Waals surface area contributed by atoms with Gasteiger partial charge in [0.2, 0.25) is 10.0 Å². The summed E-state index contributed by atoms with van der Waals surface area (Å²) < 4.78 is 30.0. The predicted octanol–water partition coefficient (Wildman–Crippen LogP) is 0.717. The number of nitrogens with two attached hydrogens (primary N) is 1. The third-order valence-corrected chi connectivity index (χ3v) is 4.16. The average molecular weight is 262 g/mol. The molecule has 0 aliphatic heterocycles. The van der Waals surface area contributed by atoms with E-state index < -0.39 is 10.0 Å². The molecule has 0 atom stereocenters. The Labute approximate surface area is 100 Å². The zero-order valence-electron chi connectivity index (χ0n) is 8.92. The van der Waals surface area contributed by atoms with Gasteiger partial charge in [0, 0.05) is 6.54 Å². The lowest BCUT2D eigenvalue weighted by Gasteiger charge is -2.18. The van der Waals surface area contributed by atoms with E-state index in [1.807, 2.05) is 0 Å². The van der Waals surface area contributed by atoms with Gasteiger partial charge in [-0.2, -0.15) is 4.31 Å². The minimum absolute atomic E-state index is 0.0297. The molecule has 0 aliphatic carbocycles. The molecule has 0 spiro atoms. The van der Waals surface area contributed by atoms with E-state index in [4.69, 9.17) is 10.2 Å². The van der Waals surface area contributed by atoms with Gasteiger partial charge in [-0.15, -0.1) is 0 Å². The lowest BCUT2D eigenvalue weighted by molar-refractivity contribution is 0.377. The minimum Gasteiger partial charge on any atom is -0.468 e. The highest BCUT2D eigenvalue weighted by atomic mass is 32.2. The van der Waals surface area contributed by atoms with Gasteiger partial charge < -0.3 is 10.2 Å². The van der Waals surface area contributed by atoms with Crippen molar-refractivity contribution >= 4 is 27.2 Å². The first-order valence-corrected chi connectivity index (χ1v) is 6.76. The zero-order valence-corrected chi connectivity index (χ0v) is 10.6. The highest BCUT2D eigenvalue weighted by Crippen LogP contribution is 2.10. The van der Waals surface area contributed by atoms with Crippen LogP contribution >= 0.6 is 12.2 Å². The lowest BCUT2D eigenvalue weighted by Crippen LogP contribution is -2.36. The zero-order chi connectivity index (χ0) is 12.2. The Balaban J connectivity index is 2.78. The number of rotatable bonds is 6. The Kier molecular flexibility index (Phi) is 4.45. The van der Waals surface area contributed by atoms with E-state index >= 15 is 0 Å². The quantitative estimate of drug-likeness (QED) is 0.764. The van der Waals surface area contributed by atoms with Crippen molar-refractivity contribution in [2.24, 2.45) is 5.73 Å². The molecule has 1 aromatic heterocycles. The Morgan fingerprint density at radius 1 is 1.62 bits per heavy atom. The van der Waals surface area contributed by atoms with E-state index in [2.05, 4.69) is 12.2 Å². The maximum atomic E-state index is 11.8. The molecular formula is C9H14N2O3S2. The fraction of sp³-hybridized carbons (Fsp3) is 0.444. The Hall–Kier alpha value is -0.920. The normalized spacial score (nSPS) is 11.9. The van der Waals surface area contributed by atoms with Crippen LogP contribution in [0.1, 0.15) is 12.7 Å². The van der Waals surface area contributed by atoms with Gasteiger partial charge in [-0.25, -0.2) is 8.42 Å². The van der Waals surface area contributed by atoms with Gasteiger partial charge in [-0.3, -0.25) is 0 Å². The minimum atomic E-state index is -3.44. The fourth-order valence-corrected chi connectivity index (χ4v) is 2.96. The fourth-order valence-electron chi connectivity index (χ4n) is 1.25. The SMILES string of the molecule is CCN(Cc1ccco1)S(=O)(=O)CC(N)=S. The number of nitrogens with zero attached hydrogens (tertiary/aromatic N) is 1. The predicted molar refractivity (Wildman–Crippen MR) is 65.4 cm³/mol. The number of hydrogen-bond donors (Lipinski definition) is 1. The molecule has 1 rings (SSSR count). The molecule has 7 heteroatoms. The molecule has 0 aliphatic rings. The first-order valence-electron chi connectivity index (χ1n) is 4.74. The second-order valence-electron chi connectivity index (χ2n) is 3.23. The monoisotopic (exact) mass is 262 g/mol. The Bertz CT molecular complexity index is 439. The molecule has 0 amide bonds. The van der Waals surface area contributed by atoms with Gasteiger partial charge in [-0.05, 0) is 12.1 Å². The van der Waals surface area contributed by atoms with Crippen LogP contribution < -0.4 is 5.73 Å². The maximum absolute atomic E-state index is 11.8. The summed E-state index contributed by atoms with van der Waals surface area (Å²) in [7, 11) is -3.44. The molecule has 0 bridgehead atoms. The molecule has 0 saturated heterocycles. The summed E-state index contributed by atoms with van der Waals surface area (Å²) >= 11 is 4.61. The van der Waals surface area contributed by atoms with Crippen LogP contribution in [0.4, 0.5) is 0 Å². The molecule has 0 fully saturated rings. The van der Waals surface area contributed by atoms with Crippen molar-refractivity contribution in [2.75, 3.05) is 12.3 Å². The van der Waals surface area contributed by atoms with E-state index in [1.165, 1.54) is 10.6 Å². The van der Waals surface area contributed by atoms with E-state index in [9.17, 15) is 8.42 Å². The van der Waals surface area contributed by atoms with E-state index in [1.54, 1.807) is 19.1 Å². The molecule has 0 radical (unpaired) electrons. The van der Waals surface area contributed by atoms with E-state index in [0.29, 0.717) is 12.3 Å². The molecule has 0 aromatic carbocycles. The summed E-state index contributed by atoms with van der Waals surface area (Å²) in [6.45, 7) is 2.31. The summed E-state index contributed by atoms with van der Waals surface area (Å²) in [5, 5.41) is 0. The highest BCUT2D eigenvalue weighted by molar-refractivity contribution is 7.92. The van der Waals surface area contributed by atoms with E-state index in [-0.39, 0.29) is 17.3 Å². The molecule has 0 saturated carbocycles. The van der Waals surface area contributed by atoms with Crippen molar-refractivity contribution in [1.82, 2.24) is 4.31 Å². The van der Waals surface area contributed by atoms with Crippen molar-refractivity contribution in [2.45, 2.75) is 13.5 Å². The first kappa shape index (κ1) is 13.1. The van der Waals surface area contributed by atoms with Crippen LogP contribution in [0.25, 0.3) is 0 Å². The highest BCUT2D eigenvalue weighted by Gasteiger charge is 2.22.